The van der Waals surface area contributed by atoms with Crippen LogP contribution < -0.4 is 5.73 Å². The van der Waals surface area contributed by atoms with Crippen molar-refractivity contribution in [2.45, 2.75) is 12.8 Å². The highest BCUT2D eigenvalue weighted by molar-refractivity contribution is 7.90. The van der Waals surface area contributed by atoms with E-state index in [0.717, 1.165) is 11.8 Å². The Balaban J connectivity index is 2.85. The molecule has 1 rings (SSSR count). The maximum atomic E-state index is 12.5. The van der Waals surface area contributed by atoms with E-state index in [-0.39, 0.29) is 17.5 Å². The molecule has 0 saturated carbocycles. The lowest BCUT2D eigenvalue weighted by molar-refractivity contribution is -0.127. The van der Waals surface area contributed by atoms with Gasteiger partial charge >= 0.3 is 0 Å². The third-order valence-electron chi connectivity index (χ3n) is 3.37. The number of Topliss-reactive ketones (excluding diaryl/α,β-unsaturated/α-hetero) is 1. The summed E-state index contributed by atoms with van der Waals surface area (Å²) < 4.78 is 22.7. The van der Waals surface area contributed by atoms with Crippen LogP contribution in [0, 0.1) is 11.8 Å². The van der Waals surface area contributed by atoms with Gasteiger partial charge in [0.05, 0.1) is 18.3 Å². The second-order valence-electron chi connectivity index (χ2n) is 5.34. The van der Waals surface area contributed by atoms with Gasteiger partial charge in [-0.2, -0.15) is 0 Å². The van der Waals surface area contributed by atoms with Crippen LogP contribution in [0.3, 0.4) is 0 Å². The molecular weight excluding hydrogens is 290 g/mol. The molecule has 0 heterocycles. The minimum Gasteiger partial charge on any atom is -0.396 e. The Kier molecular flexibility index (Phi) is 7.01. The van der Waals surface area contributed by atoms with Crippen LogP contribution in [0.4, 0.5) is 0 Å². The van der Waals surface area contributed by atoms with Crippen molar-refractivity contribution in [3.05, 3.63) is 35.9 Å². The number of nitrogens with two attached hydrogens (primary N) is 1. The summed E-state index contributed by atoms with van der Waals surface area (Å²) >= 11 is 0. The molecule has 1 aromatic carbocycles. The summed E-state index contributed by atoms with van der Waals surface area (Å²) in [5.74, 6) is -1.79. The van der Waals surface area contributed by atoms with Gasteiger partial charge in [-0.1, -0.05) is 30.3 Å². The summed E-state index contributed by atoms with van der Waals surface area (Å²) in [5.41, 5.74) is 6.56. The fourth-order valence-electron chi connectivity index (χ4n) is 2.37. The number of hydrogen-bond acceptors (Lipinski definition) is 5. The van der Waals surface area contributed by atoms with E-state index in [1.165, 1.54) is 0 Å². The zero-order valence-corrected chi connectivity index (χ0v) is 13.1. The number of sulfone groups is 1. The molecule has 0 aliphatic rings. The van der Waals surface area contributed by atoms with Crippen LogP contribution in [-0.2, 0) is 21.1 Å². The van der Waals surface area contributed by atoms with E-state index in [1.54, 1.807) is 0 Å². The van der Waals surface area contributed by atoms with E-state index in [0.29, 0.717) is 19.4 Å². The molecule has 2 atom stereocenters. The van der Waals surface area contributed by atoms with Crippen molar-refractivity contribution in [3.8, 4) is 0 Å². The van der Waals surface area contributed by atoms with E-state index >= 15 is 0 Å². The third-order valence-corrected chi connectivity index (χ3v) is 4.38. The molecule has 0 radical (unpaired) electrons. The molecule has 0 bridgehead atoms. The number of hydrogen-bond donors (Lipinski definition) is 2. The third kappa shape index (κ3) is 6.37. The Labute approximate surface area is 126 Å². The highest BCUT2D eigenvalue weighted by Gasteiger charge is 2.28. The van der Waals surface area contributed by atoms with Crippen LogP contribution in [0.5, 0.6) is 0 Å². The lowest BCUT2D eigenvalue weighted by atomic mass is 9.86. The summed E-state index contributed by atoms with van der Waals surface area (Å²) in [6, 6.07) is 9.50. The average molecular weight is 313 g/mol. The van der Waals surface area contributed by atoms with Crippen LogP contribution in [0.25, 0.3) is 0 Å². The maximum Gasteiger partial charge on any atom is 0.148 e. The van der Waals surface area contributed by atoms with Gasteiger partial charge in [-0.05, 0) is 24.9 Å². The van der Waals surface area contributed by atoms with Crippen LogP contribution in [0.2, 0.25) is 0 Å². The van der Waals surface area contributed by atoms with Crippen molar-refractivity contribution < 1.29 is 18.3 Å². The summed E-state index contributed by atoms with van der Waals surface area (Å²) in [6.45, 7) is -0.109. The first-order chi connectivity index (χ1) is 9.87. The SMILES string of the molecule is CS(=O)(=O)C[C@@H](CO)C(=O)[C@H](CCN)Cc1ccccc1. The fraction of sp³-hybridized carbons (Fsp3) is 0.533. The van der Waals surface area contributed by atoms with Crippen LogP contribution in [0.1, 0.15) is 12.0 Å². The Morgan fingerprint density at radius 2 is 1.86 bits per heavy atom. The van der Waals surface area contributed by atoms with Crippen molar-refractivity contribution in [1.82, 2.24) is 0 Å². The van der Waals surface area contributed by atoms with Gasteiger partial charge in [-0.3, -0.25) is 4.79 Å². The fourth-order valence-corrected chi connectivity index (χ4v) is 3.37. The number of carbonyl (C=O) groups is 1. The predicted molar refractivity (Wildman–Crippen MR) is 82.6 cm³/mol. The first-order valence-corrected chi connectivity index (χ1v) is 8.99. The van der Waals surface area contributed by atoms with Gasteiger partial charge in [0, 0.05) is 12.2 Å². The van der Waals surface area contributed by atoms with E-state index in [2.05, 4.69) is 0 Å². The smallest absolute Gasteiger partial charge is 0.148 e. The van der Waals surface area contributed by atoms with Gasteiger partial charge in [-0.25, -0.2) is 8.42 Å². The number of rotatable bonds is 9. The molecule has 0 saturated heterocycles. The molecule has 0 aliphatic carbocycles. The van der Waals surface area contributed by atoms with Gasteiger partial charge in [0.25, 0.3) is 0 Å². The number of aliphatic hydroxyl groups is 1. The molecule has 3 N–H and O–H groups in total. The zero-order chi connectivity index (χ0) is 15.9. The molecule has 0 spiro atoms. The predicted octanol–water partition coefficient (Wildman–Crippen LogP) is 0.416. The standard InChI is InChI=1S/C15H23NO4S/c1-21(19,20)11-14(10-17)15(18)13(7-8-16)9-12-5-3-2-4-6-12/h2-6,13-14,17H,7-11,16H2,1H3/t13-,14-/m1/s1. The van der Waals surface area contributed by atoms with Gasteiger partial charge in [-0.15, -0.1) is 0 Å². The van der Waals surface area contributed by atoms with Crippen molar-refractivity contribution in [2.24, 2.45) is 17.6 Å². The number of ketones is 1. The molecule has 0 amide bonds. The zero-order valence-electron chi connectivity index (χ0n) is 12.2. The Morgan fingerprint density at radius 1 is 1.24 bits per heavy atom. The van der Waals surface area contributed by atoms with E-state index in [9.17, 15) is 18.3 Å². The Bertz CT molecular complexity index is 542. The summed E-state index contributed by atoms with van der Waals surface area (Å²) in [5, 5.41) is 9.33. The lowest BCUT2D eigenvalue weighted by Gasteiger charge is -2.20. The van der Waals surface area contributed by atoms with Crippen LogP contribution in [-0.4, -0.2) is 44.5 Å². The van der Waals surface area contributed by atoms with Crippen LogP contribution >= 0.6 is 0 Å². The minimum atomic E-state index is -3.31. The van der Waals surface area contributed by atoms with Crippen molar-refractivity contribution >= 4 is 15.6 Å². The molecular formula is C15H23NO4S. The quantitative estimate of drug-likeness (QED) is 0.688. The molecule has 5 nitrogen and oxygen atoms in total. The summed E-state index contributed by atoms with van der Waals surface area (Å²) in [6.07, 6.45) is 2.06. The van der Waals surface area contributed by atoms with Crippen molar-refractivity contribution in [1.29, 1.82) is 0 Å². The maximum absolute atomic E-state index is 12.5. The topological polar surface area (TPSA) is 97.5 Å². The highest BCUT2D eigenvalue weighted by Crippen LogP contribution is 2.18. The first kappa shape index (κ1) is 17.8. The second-order valence-corrected chi connectivity index (χ2v) is 7.52. The summed E-state index contributed by atoms with van der Waals surface area (Å²) in [7, 11) is -3.31. The van der Waals surface area contributed by atoms with E-state index in [4.69, 9.17) is 5.73 Å². The highest BCUT2D eigenvalue weighted by atomic mass is 32.2. The number of carbonyl (C=O) groups excluding carboxylic acids is 1. The minimum absolute atomic E-state index is 0.225. The monoisotopic (exact) mass is 313 g/mol. The van der Waals surface area contributed by atoms with E-state index < -0.39 is 22.4 Å². The van der Waals surface area contributed by atoms with E-state index in [1.807, 2.05) is 30.3 Å². The molecule has 6 heteroatoms. The first-order valence-electron chi connectivity index (χ1n) is 6.93. The molecule has 118 valence electrons. The van der Waals surface area contributed by atoms with Gasteiger partial charge < -0.3 is 10.8 Å². The molecule has 0 fully saturated rings. The van der Waals surface area contributed by atoms with Gasteiger partial charge in [0.2, 0.25) is 0 Å². The van der Waals surface area contributed by atoms with Gasteiger partial charge in [0.15, 0.2) is 0 Å². The molecule has 0 aromatic heterocycles. The largest absolute Gasteiger partial charge is 0.396 e. The Morgan fingerprint density at radius 3 is 2.33 bits per heavy atom. The summed E-state index contributed by atoms with van der Waals surface area (Å²) in [4.78, 5) is 12.5. The number of benzene rings is 1. The molecule has 1 aromatic rings. The van der Waals surface area contributed by atoms with Crippen molar-refractivity contribution in [3.63, 3.8) is 0 Å². The lowest BCUT2D eigenvalue weighted by Crippen LogP contribution is -2.33. The average Bonchev–Trinajstić information content (AvgIpc) is 2.44. The Hall–Kier alpha value is -1.24. The molecule has 21 heavy (non-hydrogen) atoms. The number of aliphatic hydroxyl groups excluding tert-OH is 1. The molecule has 0 unspecified atom stereocenters. The van der Waals surface area contributed by atoms with Gasteiger partial charge in [0.1, 0.15) is 15.6 Å². The molecule has 0 aliphatic heterocycles. The normalized spacial score (nSPS) is 14.6. The van der Waals surface area contributed by atoms with Crippen LogP contribution in [0.15, 0.2) is 30.3 Å². The second kappa shape index (κ2) is 8.26. The van der Waals surface area contributed by atoms with Crippen molar-refractivity contribution in [2.75, 3.05) is 25.2 Å².